The average molecular weight is 339 g/mol. The van der Waals surface area contributed by atoms with Crippen molar-refractivity contribution < 1.29 is 4.79 Å². The molecule has 0 aliphatic rings. The van der Waals surface area contributed by atoms with Gasteiger partial charge >= 0.3 is 0 Å². The van der Waals surface area contributed by atoms with Gasteiger partial charge in [-0.1, -0.05) is 50.3 Å². The molecule has 1 aromatic carbocycles. The maximum Gasteiger partial charge on any atom is 0.257 e. The summed E-state index contributed by atoms with van der Waals surface area (Å²) in [5, 5.41) is 3.43. The fourth-order valence-electron chi connectivity index (χ4n) is 1.81. The van der Waals surface area contributed by atoms with Gasteiger partial charge in [0.05, 0.1) is 9.98 Å². The molecule has 0 saturated heterocycles. The number of amides is 1. The number of hydrogen-bond acceptors (Lipinski definition) is 3. The molecule has 1 heterocycles. The number of nitrogens with zero attached hydrogens (tertiary/aromatic N) is 1. The van der Waals surface area contributed by atoms with E-state index in [2.05, 4.69) is 47.0 Å². The van der Waals surface area contributed by atoms with Crippen molar-refractivity contribution in [3.63, 3.8) is 0 Å². The van der Waals surface area contributed by atoms with Crippen molar-refractivity contribution in [3.8, 4) is 0 Å². The molecule has 100 valence electrons. The number of aromatic nitrogens is 1. The van der Waals surface area contributed by atoms with Crippen LogP contribution in [0.15, 0.2) is 34.2 Å². The molecule has 1 amide bonds. The molecule has 5 heteroatoms. The summed E-state index contributed by atoms with van der Waals surface area (Å²) < 4.78 is 0.895. The Balaban J connectivity index is 2.29. The summed E-state index contributed by atoms with van der Waals surface area (Å²) in [5.74, 6) is -0.118. The molecule has 3 nitrogen and oxygen atoms in total. The Morgan fingerprint density at radius 3 is 2.58 bits per heavy atom. The number of benzene rings is 1. The number of anilines is 1. The molecular formula is C14H15BrN2OS. The lowest BCUT2D eigenvalue weighted by Gasteiger charge is -2.22. The van der Waals surface area contributed by atoms with Crippen LogP contribution in [0.1, 0.15) is 36.7 Å². The van der Waals surface area contributed by atoms with Crippen molar-refractivity contribution in [2.75, 3.05) is 5.32 Å². The highest BCUT2D eigenvalue weighted by atomic mass is 79.9. The van der Waals surface area contributed by atoms with Gasteiger partial charge in [0.15, 0.2) is 5.13 Å². The molecule has 0 atom stereocenters. The maximum absolute atomic E-state index is 12.3. The monoisotopic (exact) mass is 338 g/mol. The Labute approximate surface area is 125 Å². The fourth-order valence-corrected chi connectivity index (χ4v) is 2.91. The summed E-state index contributed by atoms with van der Waals surface area (Å²) in [6.07, 6.45) is 1.68. The highest BCUT2D eigenvalue weighted by Gasteiger charge is 2.21. The van der Waals surface area contributed by atoms with Crippen molar-refractivity contribution in [3.05, 3.63) is 45.4 Å². The first kappa shape index (κ1) is 14.2. The van der Waals surface area contributed by atoms with Crippen LogP contribution in [0.3, 0.4) is 0 Å². The van der Waals surface area contributed by atoms with Gasteiger partial charge in [-0.05, 0) is 33.0 Å². The molecule has 0 saturated carbocycles. The minimum Gasteiger partial charge on any atom is -0.298 e. The molecule has 0 fully saturated rings. The molecule has 0 aliphatic carbocycles. The summed E-state index contributed by atoms with van der Waals surface area (Å²) >= 11 is 4.73. The number of carbonyl (C=O) groups excluding carboxylic acids is 1. The smallest absolute Gasteiger partial charge is 0.257 e. The van der Waals surface area contributed by atoms with Gasteiger partial charge in [-0.3, -0.25) is 10.1 Å². The van der Waals surface area contributed by atoms with E-state index in [0.717, 1.165) is 9.35 Å². The van der Waals surface area contributed by atoms with E-state index in [1.165, 1.54) is 11.3 Å². The van der Waals surface area contributed by atoms with Crippen molar-refractivity contribution in [2.24, 2.45) is 0 Å². The molecule has 1 aromatic heterocycles. The third-order valence-corrected chi connectivity index (χ3v) is 4.07. The van der Waals surface area contributed by atoms with E-state index in [0.29, 0.717) is 10.7 Å². The topological polar surface area (TPSA) is 42.0 Å². The van der Waals surface area contributed by atoms with Gasteiger partial charge in [0, 0.05) is 5.56 Å². The first-order valence-corrected chi connectivity index (χ1v) is 7.51. The second-order valence-electron chi connectivity index (χ2n) is 5.22. The van der Waals surface area contributed by atoms with E-state index in [9.17, 15) is 4.79 Å². The van der Waals surface area contributed by atoms with Crippen LogP contribution in [-0.2, 0) is 5.41 Å². The predicted octanol–water partition coefficient (Wildman–Crippen LogP) is 4.46. The molecule has 0 spiro atoms. The Kier molecular flexibility index (Phi) is 4.06. The third kappa shape index (κ3) is 3.42. The van der Waals surface area contributed by atoms with E-state index in [4.69, 9.17) is 0 Å². The van der Waals surface area contributed by atoms with Crippen LogP contribution in [0.2, 0.25) is 0 Å². The van der Waals surface area contributed by atoms with Crippen LogP contribution in [0.25, 0.3) is 0 Å². The van der Waals surface area contributed by atoms with Gasteiger partial charge in [-0.25, -0.2) is 4.98 Å². The van der Waals surface area contributed by atoms with Gasteiger partial charge in [0.1, 0.15) is 0 Å². The molecule has 0 unspecified atom stereocenters. The summed E-state index contributed by atoms with van der Waals surface area (Å²) in [4.78, 5) is 16.4. The second kappa shape index (κ2) is 5.43. The van der Waals surface area contributed by atoms with Crippen LogP contribution < -0.4 is 5.32 Å². The van der Waals surface area contributed by atoms with Gasteiger partial charge in [0.2, 0.25) is 0 Å². The first-order chi connectivity index (χ1) is 8.88. The number of thiazole rings is 1. The maximum atomic E-state index is 12.3. The average Bonchev–Trinajstić information content (AvgIpc) is 2.73. The number of hydrogen-bond donors (Lipinski definition) is 1. The number of rotatable bonds is 2. The van der Waals surface area contributed by atoms with Gasteiger partial charge in [-0.2, -0.15) is 0 Å². The third-order valence-electron chi connectivity index (χ3n) is 2.68. The van der Waals surface area contributed by atoms with E-state index in [-0.39, 0.29) is 11.3 Å². The molecule has 0 aliphatic heterocycles. The van der Waals surface area contributed by atoms with E-state index in [1.54, 1.807) is 6.20 Å². The van der Waals surface area contributed by atoms with Crippen molar-refractivity contribution in [1.82, 2.24) is 4.98 Å². The minimum absolute atomic E-state index is 0.0720. The zero-order valence-electron chi connectivity index (χ0n) is 11.0. The number of nitrogens with one attached hydrogen (secondary N) is 1. The van der Waals surface area contributed by atoms with Crippen LogP contribution in [0.5, 0.6) is 0 Å². The van der Waals surface area contributed by atoms with Gasteiger partial charge < -0.3 is 0 Å². The quantitative estimate of drug-likeness (QED) is 0.878. The van der Waals surface area contributed by atoms with Crippen LogP contribution >= 0.6 is 27.3 Å². The predicted molar refractivity (Wildman–Crippen MR) is 82.9 cm³/mol. The summed E-state index contributed by atoms with van der Waals surface area (Å²) in [7, 11) is 0. The lowest BCUT2D eigenvalue weighted by atomic mass is 9.83. The van der Waals surface area contributed by atoms with E-state index >= 15 is 0 Å². The number of carbonyl (C=O) groups is 1. The Hall–Kier alpha value is -1.20. The molecule has 2 aromatic rings. The van der Waals surface area contributed by atoms with Crippen LogP contribution in [0, 0.1) is 0 Å². The Morgan fingerprint density at radius 2 is 2.00 bits per heavy atom. The molecule has 1 N–H and O–H groups in total. The van der Waals surface area contributed by atoms with Crippen molar-refractivity contribution >= 4 is 38.3 Å². The van der Waals surface area contributed by atoms with E-state index < -0.39 is 0 Å². The minimum atomic E-state index is -0.118. The van der Waals surface area contributed by atoms with Crippen molar-refractivity contribution in [1.29, 1.82) is 0 Å². The normalized spacial score (nSPS) is 11.4. The first-order valence-electron chi connectivity index (χ1n) is 5.90. The fraction of sp³-hybridized carbons (Fsp3) is 0.286. The molecule has 0 radical (unpaired) electrons. The highest BCUT2D eigenvalue weighted by molar-refractivity contribution is 9.11. The van der Waals surface area contributed by atoms with E-state index in [1.807, 2.05) is 24.3 Å². The molecule has 0 bridgehead atoms. The summed E-state index contributed by atoms with van der Waals surface area (Å²) in [5.41, 5.74) is 1.65. The Bertz CT molecular complexity index is 601. The molecular weight excluding hydrogens is 324 g/mol. The largest absolute Gasteiger partial charge is 0.298 e. The lowest BCUT2D eigenvalue weighted by Crippen LogP contribution is -2.20. The summed E-state index contributed by atoms with van der Waals surface area (Å²) in [6, 6.07) is 7.67. The van der Waals surface area contributed by atoms with Crippen LogP contribution in [-0.4, -0.2) is 10.9 Å². The standard InChI is InChI=1S/C14H15BrN2OS/c1-14(2,3)10-7-5-4-6-9(10)12(18)17-13-16-8-11(15)19-13/h4-8H,1-3H3,(H,16,17,18). The Morgan fingerprint density at radius 1 is 1.32 bits per heavy atom. The van der Waals surface area contributed by atoms with Gasteiger partial charge in [0.25, 0.3) is 5.91 Å². The molecule has 2 rings (SSSR count). The zero-order valence-corrected chi connectivity index (χ0v) is 13.4. The number of halogens is 1. The van der Waals surface area contributed by atoms with Crippen LogP contribution in [0.4, 0.5) is 5.13 Å². The lowest BCUT2D eigenvalue weighted by molar-refractivity contribution is 0.102. The van der Waals surface area contributed by atoms with Crippen molar-refractivity contribution in [2.45, 2.75) is 26.2 Å². The zero-order chi connectivity index (χ0) is 14.0. The van der Waals surface area contributed by atoms with Gasteiger partial charge in [-0.15, -0.1) is 0 Å². The SMILES string of the molecule is CC(C)(C)c1ccccc1C(=O)Nc1ncc(Br)s1. The highest BCUT2D eigenvalue weighted by Crippen LogP contribution is 2.27. The second-order valence-corrected chi connectivity index (χ2v) is 7.63. The summed E-state index contributed by atoms with van der Waals surface area (Å²) in [6.45, 7) is 6.29. The molecule has 19 heavy (non-hydrogen) atoms.